The van der Waals surface area contributed by atoms with Gasteiger partial charge in [-0.2, -0.15) is 11.8 Å². The fourth-order valence-corrected chi connectivity index (χ4v) is 3.31. The molecule has 0 aliphatic carbocycles. The van der Waals surface area contributed by atoms with E-state index in [9.17, 15) is 8.42 Å². The lowest BCUT2D eigenvalue weighted by Gasteiger charge is -2.11. The first-order chi connectivity index (χ1) is 9.42. The zero-order valence-electron chi connectivity index (χ0n) is 11.1. The maximum Gasteiger partial charge on any atom is 0.240 e. The molecule has 1 aromatic carbocycles. The van der Waals surface area contributed by atoms with Crippen LogP contribution < -0.4 is 4.72 Å². The molecule has 0 aliphatic heterocycles. The largest absolute Gasteiger partial charge is 0.240 e. The maximum absolute atomic E-state index is 12.2. The van der Waals surface area contributed by atoms with Gasteiger partial charge in [-0.1, -0.05) is 18.5 Å². The number of thioether (sulfide) groups is 1. The van der Waals surface area contributed by atoms with Crippen LogP contribution in [0.1, 0.15) is 6.92 Å². The van der Waals surface area contributed by atoms with Crippen molar-refractivity contribution >= 4 is 44.3 Å². The Morgan fingerprint density at radius 1 is 1.35 bits per heavy atom. The Balaban J connectivity index is 2.30. The van der Waals surface area contributed by atoms with Gasteiger partial charge in [-0.25, -0.2) is 18.1 Å². The van der Waals surface area contributed by atoms with Crippen molar-refractivity contribution in [3.8, 4) is 0 Å². The van der Waals surface area contributed by atoms with Gasteiger partial charge in [0.05, 0.1) is 10.4 Å². The van der Waals surface area contributed by atoms with Crippen molar-refractivity contribution < 1.29 is 8.42 Å². The minimum atomic E-state index is -3.49. The fourth-order valence-electron chi connectivity index (χ4n) is 1.64. The Bertz CT molecular complexity index is 719. The molecule has 0 fully saturated rings. The second kappa shape index (κ2) is 6.30. The number of nitrogens with zero attached hydrogens (tertiary/aromatic N) is 1. The van der Waals surface area contributed by atoms with E-state index in [1.54, 1.807) is 36.0 Å². The Hall–Kier alpha value is -0.820. The van der Waals surface area contributed by atoms with Gasteiger partial charge >= 0.3 is 0 Å². The van der Waals surface area contributed by atoms with Gasteiger partial charge in [0.15, 0.2) is 0 Å². The lowest BCUT2D eigenvalue weighted by molar-refractivity contribution is 0.581. The molecular weight excluding hydrogens is 316 g/mol. The summed E-state index contributed by atoms with van der Waals surface area (Å²) in [6, 6.07) is 8.20. The molecule has 20 heavy (non-hydrogen) atoms. The summed E-state index contributed by atoms with van der Waals surface area (Å²) in [4.78, 5) is 4.37. The molecule has 0 amide bonds. The average molecular weight is 331 g/mol. The van der Waals surface area contributed by atoms with Crippen molar-refractivity contribution in [2.45, 2.75) is 17.1 Å². The summed E-state index contributed by atoms with van der Waals surface area (Å²) in [5.74, 6) is 0. The van der Waals surface area contributed by atoms with E-state index in [4.69, 9.17) is 11.6 Å². The lowest BCUT2D eigenvalue weighted by atomic mass is 10.2. The summed E-state index contributed by atoms with van der Waals surface area (Å²) < 4.78 is 27.0. The first kappa shape index (κ1) is 15.6. The highest BCUT2D eigenvalue weighted by Crippen LogP contribution is 2.19. The van der Waals surface area contributed by atoms with Crippen molar-refractivity contribution in [1.29, 1.82) is 0 Å². The topological polar surface area (TPSA) is 59.1 Å². The number of pyridine rings is 1. The Labute approximate surface area is 128 Å². The predicted molar refractivity (Wildman–Crippen MR) is 84.9 cm³/mol. The predicted octanol–water partition coefficient (Wildman–Crippen LogP) is 2.92. The second-order valence-corrected chi connectivity index (χ2v) is 7.82. The summed E-state index contributed by atoms with van der Waals surface area (Å²) in [5, 5.41) is 1.36. The van der Waals surface area contributed by atoms with Crippen LogP contribution in [0, 0.1) is 0 Å². The summed E-state index contributed by atoms with van der Waals surface area (Å²) in [6.07, 6.45) is 1.95. The van der Waals surface area contributed by atoms with E-state index >= 15 is 0 Å². The van der Waals surface area contributed by atoms with Gasteiger partial charge < -0.3 is 0 Å². The van der Waals surface area contributed by atoms with Gasteiger partial charge in [0.1, 0.15) is 5.15 Å². The third-order valence-electron chi connectivity index (χ3n) is 2.90. The van der Waals surface area contributed by atoms with E-state index in [0.29, 0.717) is 17.2 Å². The highest BCUT2D eigenvalue weighted by atomic mass is 35.5. The van der Waals surface area contributed by atoms with Crippen LogP contribution in [0.3, 0.4) is 0 Å². The molecule has 0 spiro atoms. The van der Waals surface area contributed by atoms with Crippen molar-refractivity contribution in [1.82, 2.24) is 9.71 Å². The van der Waals surface area contributed by atoms with Crippen LogP contribution in [0.5, 0.6) is 0 Å². The Kier molecular flexibility index (Phi) is 4.90. The molecule has 2 aromatic rings. The van der Waals surface area contributed by atoms with Gasteiger partial charge in [-0.05, 0) is 36.6 Å². The van der Waals surface area contributed by atoms with E-state index in [2.05, 4.69) is 9.71 Å². The molecule has 0 saturated carbocycles. The number of nitrogens with one attached hydrogen (secondary N) is 1. The summed E-state index contributed by atoms with van der Waals surface area (Å²) in [6.45, 7) is 2.37. The molecule has 0 radical (unpaired) electrons. The van der Waals surface area contributed by atoms with Crippen LogP contribution in [0.4, 0.5) is 0 Å². The third kappa shape index (κ3) is 3.63. The minimum absolute atomic E-state index is 0.228. The zero-order valence-corrected chi connectivity index (χ0v) is 13.5. The molecule has 0 aliphatic rings. The molecule has 0 saturated heterocycles. The highest BCUT2D eigenvalue weighted by Gasteiger charge is 2.15. The molecule has 2 rings (SSSR count). The number of benzene rings is 1. The lowest BCUT2D eigenvalue weighted by Crippen LogP contribution is -2.29. The normalized spacial score (nSPS) is 13.6. The smallest absolute Gasteiger partial charge is 0.236 e. The van der Waals surface area contributed by atoms with Gasteiger partial charge in [0.2, 0.25) is 10.0 Å². The second-order valence-electron chi connectivity index (χ2n) is 4.39. The standard InChI is InChI=1S/C13H15ClN2O2S2/c1-9(19-2)8-15-20(17,18)11-4-5-12-10(7-11)3-6-13(14)16-12/h3-7,9,15H,8H2,1-2H3. The minimum Gasteiger partial charge on any atom is -0.236 e. The van der Waals surface area contributed by atoms with Gasteiger partial charge in [0.25, 0.3) is 0 Å². The van der Waals surface area contributed by atoms with Crippen molar-refractivity contribution in [3.63, 3.8) is 0 Å². The number of rotatable bonds is 5. The van der Waals surface area contributed by atoms with Crippen LogP contribution in [0.2, 0.25) is 5.15 Å². The van der Waals surface area contributed by atoms with Crippen LogP contribution >= 0.6 is 23.4 Å². The molecule has 1 aromatic heterocycles. The summed E-state index contributed by atoms with van der Waals surface area (Å²) in [7, 11) is -3.49. The Morgan fingerprint density at radius 2 is 2.10 bits per heavy atom. The first-order valence-corrected chi connectivity index (χ1v) is 9.16. The quantitative estimate of drug-likeness (QED) is 0.856. The SMILES string of the molecule is CSC(C)CNS(=O)(=O)c1ccc2nc(Cl)ccc2c1. The molecule has 7 heteroatoms. The molecule has 1 heterocycles. The highest BCUT2D eigenvalue weighted by molar-refractivity contribution is 7.99. The van der Waals surface area contributed by atoms with Crippen LogP contribution in [-0.2, 0) is 10.0 Å². The molecule has 0 bridgehead atoms. The molecular formula is C13H15ClN2O2S2. The number of hydrogen-bond donors (Lipinski definition) is 1. The number of sulfonamides is 1. The monoisotopic (exact) mass is 330 g/mol. The van der Waals surface area contributed by atoms with Crippen molar-refractivity contribution in [2.75, 3.05) is 12.8 Å². The van der Waals surface area contributed by atoms with Crippen molar-refractivity contribution in [2.24, 2.45) is 0 Å². The van der Waals surface area contributed by atoms with Gasteiger partial charge in [-0.3, -0.25) is 0 Å². The van der Waals surface area contributed by atoms with E-state index in [1.807, 2.05) is 13.2 Å². The van der Waals surface area contributed by atoms with E-state index in [0.717, 1.165) is 5.39 Å². The van der Waals surface area contributed by atoms with Crippen LogP contribution in [0.15, 0.2) is 35.2 Å². The van der Waals surface area contributed by atoms with Gasteiger partial charge in [0, 0.05) is 17.2 Å². The third-order valence-corrected chi connectivity index (χ3v) is 5.50. The molecule has 1 unspecified atom stereocenters. The summed E-state index contributed by atoms with van der Waals surface area (Å²) >= 11 is 7.42. The average Bonchev–Trinajstić information content (AvgIpc) is 2.44. The molecule has 108 valence electrons. The summed E-state index contributed by atoms with van der Waals surface area (Å²) in [5.41, 5.74) is 0.675. The van der Waals surface area contributed by atoms with Crippen LogP contribution in [0.25, 0.3) is 10.9 Å². The first-order valence-electron chi connectivity index (χ1n) is 6.01. The van der Waals surface area contributed by atoms with Crippen LogP contribution in [-0.4, -0.2) is 31.5 Å². The number of aromatic nitrogens is 1. The van der Waals surface area contributed by atoms with E-state index in [1.165, 1.54) is 6.07 Å². The number of fused-ring (bicyclic) bond motifs is 1. The fraction of sp³-hybridized carbons (Fsp3) is 0.308. The van der Waals surface area contributed by atoms with E-state index in [-0.39, 0.29) is 10.1 Å². The van der Waals surface area contributed by atoms with E-state index < -0.39 is 10.0 Å². The Morgan fingerprint density at radius 3 is 2.80 bits per heavy atom. The zero-order chi connectivity index (χ0) is 14.8. The number of halogens is 1. The maximum atomic E-state index is 12.2. The number of hydrogen-bond acceptors (Lipinski definition) is 4. The van der Waals surface area contributed by atoms with Crippen molar-refractivity contribution in [3.05, 3.63) is 35.5 Å². The van der Waals surface area contributed by atoms with Gasteiger partial charge in [-0.15, -0.1) is 0 Å². The molecule has 1 atom stereocenters. The molecule has 4 nitrogen and oxygen atoms in total. The molecule has 1 N–H and O–H groups in total.